The molecule has 0 spiro atoms. The van der Waals surface area contributed by atoms with Crippen molar-refractivity contribution in [2.24, 2.45) is 10.7 Å². The summed E-state index contributed by atoms with van der Waals surface area (Å²) in [5.74, 6) is -0.674. The molecular formula is C18H25FN4O2. The Morgan fingerprint density at radius 1 is 1.40 bits per heavy atom. The van der Waals surface area contributed by atoms with E-state index in [-0.39, 0.29) is 23.9 Å². The van der Waals surface area contributed by atoms with E-state index in [0.717, 1.165) is 18.5 Å². The molecule has 1 amide bonds. The first-order chi connectivity index (χ1) is 12.1. The number of nitrogens with two attached hydrogens (primary N) is 1. The van der Waals surface area contributed by atoms with Gasteiger partial charge in [-0.1, -0.05) is 32.3 Å². The number of ether oxygens (including phenoxy) is 1. The fourth-order valence-electron chi connectivity index (χ4n) is 2.39. The van der Waals surface area contributed by atoms with Crippen molar-refractivity contribution < 1.29 is 13.9 Å². The largest absolute Gasteiger partial charge is 0.438 e. The van der Waals surface area contributed by atoms with Crippen molar-refractivity contribution >= 4 is 11.8 Å². The van der Waals surface area contributed by atoms with Crippen LogP contribution in [-0.2, 0) is 11.3 Å². The van der Waals surface area contributed by atoms with Gasteiger partial charge in [-0.25, -0.2) is 9.38 Å². The fourth-order valence-corrected chi connectivity index (χ4v) is 2.39. The molecule has 0 saturated carbocycles. The van der Waals surface area contributed by atoms with Crippen molar-refractivity contribution in [2.45, 2.75) is 39.2 Å². The normalized spacial score (nSPS) is 13.7. The van der Waals surface area contributed by atoms with Gasteiger partial charge in [0.2, 0.25) is 5.90 Å². The van der Waals surface area contributed by atoms with Crippen molar-refractivity contribution in [1.82, 2.24) is 10.6 Å². The van der Waals surface area contributed by atoms with Gasteiger partial charge in [-0.3, -0.25) is 4.79 Å². The van der Waals surface area contributed by atoms with Gasteiger partial charge in [0.1, 0.15) is 5.70 Å². The highest BCUT2D eigenvalue weighted by molar-refractivity contribution is 5.94. The van der Waals surface area contributed by atoms with Gasteiger partial charge in [0, 0.05) is 6.54 Å². The molecule has 1 aliphatic heterocycles. The molecular weight excluding hydrogens is 323 g/mol. The minimum absolute atomic E-state index is 0.100. The molecule has 0 aliphatic carbocycles. The lowest BCUT2D eigenvalue weighted by atomic mass is 10.2. The van der Waals surface area contributed by atoms with Gasteiger partial charge in [0.25, 0.3) is 5.91 Å². The number of carbonyl (C=O) groups is 1. The van der Waals surface area contributed by atoms with Crippen LogP contribution < -0.4 is 21.1 Å². The third-order valence-electron chi connectivity index (χ3n) is 3.79. The van der Waals surface area contributed by atoms with Crippen LogP contribution in [-0.4, -0.2) is 24.9 Å². The van der Waals surface area contributed by atoms with Crippen LogP contribution in [0.4, 0.5) is 4.39 Å². The molecule has 0 unspecified atom stereocenters. The lowest BCUT2D eigenvalue weighted by Gasteiger charge is -2.15. The van der Waals surface area contributed by atoms with Gasteiger partial charge in [-0.05, 0) is 30.7 Å². The maximum absolute atomic E-state index is 14.2. The van der Waals surface area contributed by atoms with Crippen LogP contribution in [0.25, 0.3) is 0 Å². The smallest absolute Gasteiger partial charge is 0.266 e. The number of halogens is 1. The Kier molecular flexibility index (Phi) is 7.40. The third-order valence-corrected chi connectivity index (χ3v) is 3.79. The SMILES string of the molecule is CCCCCCNCc1ccc(OC2=NC=C(C(N)=O)NC2)c(F)c1. The van der Waals surface area contributed by atoms with Crippen LogP contribution in [0.5, 0.6) is 5.75 Å². The van der Waals surface area contributed by atoms with E-state index in [1.54, 1.807) is 6.07 Å². The second-order valence-corrected chi connectivity index (χ2v) is 5.89. The lowest BCUT2D eigenvalue weighted by molar-refractivity contribution is -0.114. The number of rotatable bonds is 9. The highest BCUT2D eigenvalue weighted by Crippen LogP contribution is 2.19. The van der Waals surface area contributed by atoms with Crippen LogP contribution in [0.2, 0.25) is 0 Å². The monoisotopic (exact) mass is 348 g/mol. The van der Waals surface area contributed by atoms with Crippen LogP contribution in [0.1, 0.15) is 38.2 Å². The zero-order chi connectivity index (χ0) is 18.1. The number of benzene rings is 1. The average molecular weight is 348 g/mol. The molecule has 0 saturated heterocycles. The second-order valence-electron chi connectivity index (χ2n) is 5.89. The molecule has 0 bridgehead atoms. The van der Waals surface area contributed by atoms with Crippen molar-refractivity contribution in [2.75, 3.05) is 13.1 Å². The third kappa shape index (κ3) is 6.19. The van der Waals surface area contributed by atoms with E-state index in [0.29, 0.717) is 6.54 Å². The predicted octanol–water partition coefficient (Wildman–Crippen LogP) is 2.20. The van der Waals surface area contributed by atoms with Crippen LogP contribution in [0.3, 0.4) is 0 Å². The Morgan fingerprint density at radius 2 is 2.24 bits per heavy atom. The molecule has 0 aromatic heterocycles. The van der Waals surface area contributed by atoms with Gasteiger partial charge in [-0.2, -0.15) is 0 Å². The summed E-state index contributed by atoms with van der Waals surface area (Å²) >= 11 is 0. The summed E-state index contributed by atoms with van der Waals surface area (Å²) in [5.41, 5.74) is 6.20. The number of aliphatic imine (C=N–C) groups is 1. The Morgan fingerprint density at radius 3 is 2.88 bits per heavy atom. The molecule has 136 valence electrons. The first kappa shape index (κ1) is 18.9. The average Bonchev–Trinajstić information content (AvgIpc) is 2.60. The molecule has 0 fully saturated rings. The number of carbonyl (C=O) groups excluding carboxylic acids is 1. The second kappa shape index (κ2) is 9.78. The van der Waals surface area contributed by atoms with Crippen LogP contribution >= 0.6 is 0 Å². The van der Waals surface area contributed by atoms with Gasteiger partial charge in [-0.15, -0.1) is 0 Å². The standard InChI is InChI=1S/C18H25FN4O2/c1-2-3-4-5-8-21-10-13-6-7-16(14(19)9-13)25-17-12-22-15(11-23-17)18(20)24/h6-7,9,11,21-22H,2-5,8,10,12H2,1H3,(H2,20,24). The van der Waals surface area contributed by atoms with E-state index in [1.807, 2.05) is 6.07 Å². The number of primary amides is 1. The van der Waals surface area contributed by atoms with Gasteiger partial charge >= 0.3 is 0 Å². The zero-order valence-corrected chi connectivity index (χ0v) is 14.5. The van der Waals surface area contributed by atoms with Gasteiger partial charge in [0.15, 0.2) is 11.6 Å². The highest BCUT2D eigenvalue weighted by atomic mass is 19.1. The number of unbranched alkanes of at least 4 members (excludes halogenated alkanes) is 3. The van der Waals surface area contributed by atoms with E-state index in [1.165, 1.54) is 31.5 Å². The number of amides is 1. The van der Waals surface area contributed by atoms with Crippen LogP contribution in [0, 0.1) is 5.82 Å². The molecule has 1 aromatic carbocycles. The fraction of sp³-hybridized carbons (Fsp3) is 0.444. The Bertz CT molecular complexity index is 658. The molecule has 25 heavy (non-hydrogen) atoms. The molecule has 7 heteroatoms. The molecule has 2 rings (SSSR count). The number of hydrogen-bond donors (Lipinski definition) is 3. The van der Waals surface area contributed by atoms with Crippen molar-refractivity contribution in [3.05, 3.63) is 41.5 Å². The molecule has 4 N–H and O–H groups in total. The summed E-state index contributed by atoms with van der Waals surface area (Å²) in [4.78, 5) is 15.0. The summed E-state index contributed by atoms with van der Waals surface area (Å²) in [5, 5.41) is 6.08. The van der Waals surface area contributed by atoms with Crippen molar-refractivity contribution in [3.8, 4) is 5.75 Å². The summed E-state index contributed by atoms with van der Waals surface area (Å²) in [7, 11) is 0. The van der Waals surface area contributed by atoms with Gasteiger partial charge in [0.05, 0.1) is 12.7 Å². The van der Waals surface area contributed by atoms with E-state index in [2.05, 4.69) is 22.5 Å². The first-order valence-electron chi connectivity index (χ1n) is 8.57. The predicted molar refractivity (Wildman–Crippen MR) is 95.6 cm³/mol. The van der Waals surface area contributed by atoms with E-state index >= 15 is 0 Å². The summed E-state index contributed by atoms with van der Waals surface area (Å²) in [6, 6.07) is 4.86. The van der Waals surface area contributed by atoms with Crippen molar-refractivity contribution in [1.29, 1.82) is 0 Å². The molecule has 1 heterocycles. The molecule has 0 atom stereocenters. The number of hydrogen-bond acceptors (Lipinski definition) is 5. The maximum Gasteiger partial charge on any atom is 0.266 e. The molecule has 1 aliphatic rings. The van der Waals surface area contributed by atoms with E-state index in [4.69, 9.17) is 10.5 Å². The first-order valence-corrected chi connectivity index (χ1v) is 8.57. The minimum atomic E-state index is -0.597. The summed E-state index contributed by atoms with van der Waals surface area (Å²) in [6.07, 6.45) is 6.08. The topological polar surface area (TPSA) is 88.7 Å². The lowest BCUT2D eigenvalue weighted by Crippen LogP contribution is -2.35. The summed E-state index contributed by atoms with van der Waals surface area (Å²) in [6.45, 7) is 3.91. The van der Waals surface area contributed by atoms with Crippen molar-refractivity contribution in [3.63, 3.8) is 0 Å². The highest BCUT2D eigenvalue weighted by Gasteiger charge is 2.14. The quantitative estimate of drug-likeness (QED) is 0.597. The Balaban J connectivity index is 1.84. The summed E-state index contributed by atoms with van der Waals surface area (Å²) < 4.78 is 19.6. The molecule has 1 aromatic rings. The van der Waals surface area contributed by atoms with Crippen LogP contribution in [0.15, 0.2) is 35.1 Å². The number of nitrogens with one attached hydrogen (secondary N) is 2. The Hall–Kier alpha value is -2.41. The maximum atomic E-state index is 14.2. The zero-order valence-electron chi connectivity index (χ0n) is 14.5. The number of nitrogens with zero attached hydrogens (tertiary/aromatic N) is 1. The Labute approximate surface area is 147 Å². The van der Waals surface area contributed by atoms with Gasteiger partial charge < -0.3 is 21.1 Å². The molecule has 0 radical (unpaired) electrons. The van der Waals surface area contributed by atoms with E-state index in [9.17, 15) is 9.18 Å². The minimum Gasteiger partial charge on any atom is -0.438 e. The van der Waals surface area contributed by atoms with E-state index < -0.39 is 11.7 Å². The molecule has 6 nitrogen and oxygen atoms in total.